The van der Waals surface area contributed by atoms with E-state index in [1.165, 1.54) is 22.6 Å². The lowest BCUT2D eigenvalue weighted by atomic mass is 10.2. The fraction of sp³-hybridized carbons (Fsp3) is 0.538. The Morgan fingerprint density at radius 2 is 2.37 bits per heavy atom. The zero-order valence-electron chi connectivity index (χ0n) is 11.1. The lowest BCUT2D eigenvalue weighted by Gasteiger charge is -2.08. The fourth-order valence-corrected chi connectivity index (χ4v) is 4.52. The first-order valence-electron chi connectivity index (χ1n) is 6.52. The van der Waals surface area contributed by atoms with Crippen molar-refractivity contribution in [2.75, 3.05) is 12.8 Å². The number of thioether (sulfide) groups is 1. The van der Waals surface area contributed by atoms with Gasteiger partial charge in [0.1, 0.15) is 0 Å². The highest BCUT2D eigenvalue weighted by atomic mass is 32.2. The molecule has 1 aliphatic heterocycles. The van der Waals surface area contributed by atoms with Crippen LogP contribution in [0.2, 0.25) is 0 Å². The van der Waals surface area contributed by atoms with E-state index in [2.05, 4.69) is 28.5 Å². The molecule has 1 unspecified atom stereocenters. The summed E-state index contributed by atoms with van der Waals surface area (Å²) in [5, 5.41) is 11.5. The van der Waals surface area contributed by atoms with Crippen LogP contribution in [0.3, 0.4) is 0 Å². The highest BCUT2D eigenvalue weighted by Gasteiger charge is 2.20. The summed E-state index contributed by atoms with van der Waals surface area (Å²) >= 11 is 3.79. The van der Waals surface area contributed by atoms with Crippen molar-refractivity contribution in [2.24, 2.45) is 0 Å². The van der Waals surface area contributed by atoms with Crippen molar-refractivity contribution in [3.8, 4) is 10.8 Å². The van der Waals surface area contributed by atoms with Gasteiger partial charge in [-0.2, -0.15) is 11.8 Å². The van der Waals surface area contributed by atoms with Gasteiger partial charge in [0.05, 0.1) is 10.9 Å². The van der Waals surface area contributed by atoms with Crippen molar-refractivity contribution in [3.05, 3.63) is 22.4 Å². The molecule has 0 fully saturated rings. The number of rotatable bonds is 4. The topological polar surface area (TPSA) is 51.0 Å². The summed E-state index contributed by atoms with van der Waals surface area (Å²) in [6.07, 6.45) is 2.11. The van der Waals surface area contributed by atoms with Gasteiger partial charge in [0.15, 0.2) is 0 Å². The molecule has 102 valence electrons. The number of nitrogens with one attached hydrogen (secondary N) is 1. The number of hydrogen-bond acceptors (Lipinski definition) is 6. The number of nitrogens with zero attached hydrogens (tertiary/aromatic N) is 2. The van der Waals surface area contributed by atoms with Crippen molar-refractivity contribution >= 4 is 23.1 Å². The molecule has 0 saturated heterocycles. The number of hydrogen-bond donors (Lipinski definition) is 1. The number of aromatic nitrogens is 2. The van der Waals surface area contributed by atoms with Crippen LogP contribution in [0, 0.1) is 0 Å². The fourth-order valence-electron chi connectivity index (χ4n) is 2.23. The van der Waals surface area contributed by atoms with Gasteiger partial charge in [-0.25, -0.2) is 0 Å². The molecule has 1 N–H and O–H groups in total. The van der Waals surface area contributed by atoms with Gasteiger partial charge in [0, 0.05) is 10.6 Å². The van der Waals surface area contributed by atoms with Gasteiger partial charge in [-0.15, -0.1) is 21.5 Å². The first kappa shape index (κ1) is 13.1. The van der Waals surface area contributed by atoms with E-state index in [-0.39, 0.29) is 6.04 Å². The normalized spacial score (nSPS) is 16.3. The van der Waals surface area contributed by atoms with Crippen molar-refractivity contribution < 1.29 is 4.42 Å². The van der Waals surface area contributed by atoms with E-state index >= 15 is 0 Å². The molecule has 0 saturated carbocycles. The maximum atomic E-state index is 5.81. The Morgan fingerprint density at radius 1 is 1.47 bits per heavy atom. The number of aryl methyl sites for hydroxylation is 1. The molecule has 2 aromatic rings. The standard InChI is InChI=1S/C13H17N3OS2/c1-3-9(14-2)12-15-16-13(17-12)11-6-8-7-18-5-4-10(8)19-11/h6,9,14H,3-5,7H2,1-2H3. The van der Waals surface area contributed by atoms with Crippen molar-refractivity contribution in [1.29, 1.82) is 0 Å². The third-order valence-corrected chi connectivity index (χ3v) is 5.57. The molecule has 3 rings (SSSR count). The van der Waals surface area contributed by atoms with Gasteiger partial charge in [-0.1, -0.05) is 6.92 Å². The Bertz CT molecular complexity index is 536. The molecule has 0 radical (unpaired) electrons. The van der Waals surface area contributed by atoms with Gasteiger partial charge < -0.3 is 9.73 Å². The molecule has 1 aliphatic rings. The molecule has 0 spiro atoms. The number of thiophene rings is 1. The van der Waals surface area contributed by atoms with Gasteiger partial charge in [-0.05, 0) is 37.3 Å². The van der Waals surface area contributed by atoms with Gasteiger partial charge in [0.2, 0.25) is 5.89 Å². The van der Waals surface area contributed by atoms with E-state index in [1.807, 2.05) is 18.8 Å². The zero-order valence-corrected chi connectivity index (χ0v) is 12.7. The van der Waals surface area contributed by atoms with Crippen LogP contribution < -0.4 is 5.32 Å². The maximum Gasteiger partial charge on any atom is 0.257 e. The van der Waals surface area contributed by atoms with E-state index in [4.69, 9.17) is 4.42 Å². The van der Waals surface area contributed by atoms with Crippen LogP contribution in [0.4, 0.5) is 0 Å². The minimum absolute atomic E-state index is 0.145. The first-order chi connectivity index (χ1) is 9.31. The molecule has 0 aromatic carbocycles. The quantitative estimate of drug-likeness (QED) is 0.938. The minimum Gasteiger partial charge on any atom is -0.418 e. The molecule has 1 atom stereocenters. The van der Waals surface area contributed by atoms with Crippen LogP contribution in [0.5, 0.6) is 0 Å². The van der Waals surface area contributed by atoms with E-state index in [0.29, 0.717) is 11.8 Å². The van der Waals surface area contributed by atoms with Crippen LogP contribution in [-0.4, -0.2) is 23.0 Å². The molecular formula is C13H17N3OS2. The second-order valence-electron chi connectivity index (χ2n) is 4.56. The Morgan fingerprint density at radius 3 is 3.11 bits per heavy atom. The molecule has 6 heteroatoms. The summed E-state index contributed by atoms with van der Waals surface area (Å²) in [7, 11) is 1.92. The predicted octanol–water partition coefficient (Wildman–Crippen LogP) is 3.26. The van der Waals surface area contributed by atoms with E-state index < -0.39 is 0 Å². The minimum atomic E-state index is 0.145. The van der Waals surface area contributed by atoms with E-state index in [1.54, 1.807) is 11.3 Å². The monoisotopic (exact) mass is 295 g/mol. The second-order valence-corrected chi connectivity index (χ2v) is 6.80. The van der Waals surface area contributed by atoms with Crippen LogP contribution in [0.15, 0.2) is 10.5 Å². The third-order valence-electron chi connectivity index (χ3n) is 3.33. The lowest BCUT2D eigenvalue weighted by molar-refractivity contribution is 0.415. The molecule has 3 heterocycles. The van der Waals surface area contributed by atoms with Gasteiger partial charge in [-0.3, -0.25) is 0 Å². The Kier molecular flexibility index (Phi) is 3.91. The Labute approximate surface area is 121 Å². The summed E-state index contributed by atoms with van der Waals surface area (Å²) in [4.78, 5) is 2.59. The van der Waals surface area contributed by atoms with Gasteiger partial charge in [0.25, 0.3) is 5.89 Å². The second kappa shape index (κ2) is 5.64. The molecule has 19 heavy (non-hydrogen) atoms. The smallest absolute Gasteiger partial charge is 0.257 e. The maximum absolute atomic E-state index is 5.81. The summed E-state index contributed by atoms with van der Waals surface area (Å²) in [5.74, 6) is 3.68. The largest absolute Gasteiger partial charge is 0.418 e. The summed E-state index contributed by atoms with van der Waals surface area (Å²) < 4.78 is 5.81. The van der Waals surface area contributed by atoms with Crippen LogP contribution in [-0.2, 0) is 12.2 Å². The Balaban J connectivity index is 1.88. The highest BCUT2D eigenvalue weighted by Crippen LogP contribution is 2.36. The zero-order chi connectivity index (χ0) is 13.2. The molecule has 2 aromatic heterocycles. The SMILES string of the molecule is CCC(NC)c1nnc(-c2cc3c(s2)CCSC3)o1. The molecular weight excluding hydrogens is 278 g/mol. The van der Waals surface area contributed by atoms with Crippen molar-refractivity contribution in [3.63, 3.8) is 0 Å². The average molecular weight is 295 g/mol. The van der Waals surface area contributed by atoms with Crippen LogP contribution >= 0.6 is 23.1 Å². The average Bonchev–Trinajstić information content (AvgIpc) is 3.06. The molecule has 0 amide bonds. The third kappa shape index (κ3) is 2.57. The van der Waals surface area contributed by atoms with E-state index in [9.17, 15) is 0 Å². The summed E-state index contributed by atoms with van der Waals surface area (Å²) in [6, 6.07) is 2.36. The van der Waals surface area contributed by atoms with Gasteiger partial charge >= 0.3 is 0 Å². The van der Waals surface area contributed by atoms with E-state index in [0.717, 1.165) is 17.1 Å². The number of fused-ring (bicyclic) bond motifs is 1. The molecule has 0 aliphatic carbocycles. The summed E-state index contributed by atoms with van der Waals surface area (Å²) in [5.41, 5.74) is 1.44. The first-order valence-corrected chi connectivity index (χ1v) is 8.49. The predicted molar refractivity (Wildman–Crippen MR) is 79.6 cm³/mol. The highest BCUT2D eigenvalue weighted by molar-refractivity contribution is 7.98. The Hall–Kier alpha value is -0.850. The molecule has 0 bridgehead atoms. The van der Waals surface area contributed by atoms with Crippen molar-refractivity contribution in [2.45, 2.75) is 31.6 Å². The van der Waals surface area contributed by atoms with Crippen LogP contribution in [0.1, 0.15) is 35.7 Å². The van der Waals surface area contributed by atoms with Crippen molar-refractivity contribution in [1.82, 2.24) is 15.5 Å². The van der Waals surface area contributed by atoms with Crippen LogP contribution in [0.25, 0.3) is 10.8 Å². The lowest BCUT2D eigenvalue weighted by Crippen LogP contribution is -2.15. The molecule has 4 nitrogen and oxygen atoms in total. The summed E-state index contributed by atoms with van der Waals surface area (Å²) in [6.45, 7) is 2.10.